The van der Waals surface area contributed by atoms with E-state index in [1.54, 1.807) is 6.07 Å². The van der Waals surface area contributed by atoms with Crippen molar-refractivity contribution in [2.75, 3.05) is 26.8 Å². The highest BCUT2D eigenvalue weighted by molar-refractivity contribution is 6.09. The molecule has 0 fully saturated rings. The molecule has 0 unspecified atom stereocenters. The Labute approximate surface area is 281 Å². The lowest BCUT2D eigenvalue weighted by Crippen LogP contribution is -2.10. The Balaban J connectivity index is 1.06. The Morgan fingerprint density at radius 2 is 0.875 bits per heavy atom. The third kappa shape index (κ3) is 7.59. The fraction of sp³-hybridized carbons (Fsp3) is 0.0976. The number of hydrogen-bond acceptors (Lipinski definition) is 7. The van der Waals surface area contributed by atoms with Crippen molar-refractivity contribution in [3.8, 4) is 5.75 Å². The first kappa shape index (κ1) is 31.8. The van der Waals surface area contributed by atoms with E-state index in [-0.39, 0.29) is 5.78 Å². The van der Waals surface area contributed by atoms with E-state index in [9.17, 15) is 9.90 Å². The topological polar surface area (TPSA) is 97.5 Å². The van der Waals surface area contributed by atoms with Gasteiger partial charge in [0.25, 0.3) is 0 Å². The number of anilines is 8. The molecule has 0 aliphatic rings. The predicted molar refractivity (Wildman–Crippen MR) is 200 cm³/mol. The molecule has 6 aromatic rings. The van der Waals surface area contributed by atoms with Crippen molar-refractivity contribution in [1.82, 2.24) is 0 Å². The van der Waals surface area contributed by atoms with Gasteiger partial charge in [0.15, 0.2) is 5.78 Å². The zero-order valence-corrected chi connectivity index (χ0v) is 27.5. The van der Waals surface area contributed by atoms with Crippen LogP contribution in [-0.4, -0.2) is 10.9 Å². The van der Waals surface area contributed by atoms with Gasteiger partial charge in [0.1, 0.15) is 5.75 Å². The van der Waals surface area contributed by atoms with E-state index < -0.39 is 0 Å². The van der Waals surface area contributed by atoms with Gasteiger partial charge < -0.3 is 31.9 Å². The number of carbonyl (C=O) groups is 1. The molecule has 0 amide bonds. The lowest BCUT2D eigenvalue weighted by atomic mass is 10.0. The van der Waals surface area contributed by atoms with Crippen LogP contribution in [0.3, 0.4) is 0 Å². The molecule has 0 radical (unpaired) electrons. The Bertz CT molecular complexity index is 2090. The maximum atomic E-state index is 12.9. The molecular formula is C41H39N5O2. The van der Waals surface area contributed by atoms with Crippen LogP contribution in [0.15, 0.2) is 127 Å². The van der Waals surface area contributed by atoms with Crippen LogP contribution in [0, 0.1) is 27.7 Å². The van der Waals surface area contributed by atoms with Crippen LogP contribution in [-0.2, 0) is 0 Å². The molecule has 240 valence electrons. The second-order valence-electron chi connectivity index (χ2n) is 12.0. The quantitative estimate of drug-likeness (QED) is 0.0480. The highest BCUT2D eigenvalue weighted by atomic mass is 16.3. The van der Waals surface area contributed by atoms with E-state index >= 15 is 0 Å². The van der Waals surface area contributed by atoms with Gasteiger partial charge in [-0.05, 0) is 135 Å². The zero-order chi connectivity index (χ0) is 33.6. The summed E-state index contributed by atoms with van der Waals surface area (Å²) >= 11 is 0. The second kappa shape index (κ2) is 14.1. The van der Waals surface area contributed by atoms with Crippen molar-refractivity contribution in [1.29, 1.82) is 0 Å². The number of carbonyl (C=O) groups excluding carboxylic acids is 1. The standard InChI is InChI=1S/C41H39N5O2/c1-26-21-33(13-17-37(26)42-32-14-18-38(27(2)22-32)44-34-16-20-40(47)29(4)24-34)43-39-19-15-36(23-28(39)3)46-45-35-12-8-11-31(25-35)41(48)30-9-6-5-7-10-30/h5-25,42-47H,1-4H3. The summed E-state index contributed by atoms with van der Waals surface area (Å²) in [4.78, 5) is 12.9. The number of hydrazine groups is 1. The van der Waals surface area contributed by atoms with Gasteiger partial charge in [0.05, 0.1) is 11.4 Å². The van der Waals surface area contributed by atoms with Gasteiger partial charge in [-0.15, -0.1) is 0 Å². The first-order valence-corrected chi connectivity index (χ1v) is 15.9. The van der Waals surface area contributed by atoms with Gasteiger partial charge in [0, 0.05) is 45.3 Å². The number of rotatable bonds is 11. The number of ketones is 1. The number of nitrogens with one attached hydrogen (secondary N) is 5. The molecule has 7 heteroatoms. The molecule has 6 N–H and O–H groups in total. The number of benzene rings is 6. The van der Waals surface area contributed by atoms with Crippen molar-refractivity contribution in [3.63, 3.8) is 0 Å². The second-order valence-corrected chi connectivity index (χ2v) is 12.0. The van der Waals surface area contributed by atoms with Crippen LogP contribution < -0.4 is 26.8 Å². The molecule has 0 spiro atoms. The molecule has 0 saturated heterocycles. The molecule has 0 aliphatic carbocycles. The largest absolute Gasteiger partial charge is 0.508 e. The Hall–Kier alpha value is -6.21. The van der Waals surface area contributed by atoms with Crippen molar-refractivity contribution in [2.45, 2.75) is 27.7 Å². The summed E-state index contributed by atoms with van der Waals surface area (Å²) in [6.45, 7) is 8.13. The number of hydrogen-bond donors (Lipinski definition) is 6. The number of aromatic hydroxyl groups is 1. The molecule has 6 rings (SSSR count). The number of aryl methyl sites for hydroxylation is 4. The minimum atomic E-state index is -0.0101. The first-order chi connectivity index (χ1) is 23.2. The van der Waals surface area contributed by atoms with Gasteiger partial charge in [-0.1, -0.05) is 42.5 Å². The van der Waals surface area contributed by atoms with Crippen LogP contribution >= 0.6 is 0 Å². The molecule has 0 aliphatic heterocycles. The van der Waals surface area contributed by atoms with Crippen LogP contribution in [0.5, 0.6) is 5.75 Å². The maximum absolute atomic E-state index is 12.9. The fourth-order valence-corrected chi connectivity index (χ4v) is 5.48. The smallest absolute Gasteiger partial charge is 0.193 e. The van der Waals surface area contributed by atoms with Gasteiger partial charge in [-0.2, -0.15) is 0 Å². The normalized spacial score (nSPS) is 10.7. The highest BCUT2D eigenvalue weighted by Crippen LogP contribution is 2.31. The average molecular weight is 634 g/mol. The molecule has 0 heterocycles. The summed E-state index contributed by atoms with van der Waals surface area (Å²) in [6.07, 6.45) is 0. The van der Waals surface area contributed by atoms with E-state index in [0.29, 0.717) is 16.9 Å². The minimum Gasteiger partial charge on any atom is -0.508 e. The lowest BCUT2D eigenvalue weighted by molar-refractivity contribution is 0.103. The Morgan fingerprint density at radius 1 is 0.438 bits per heavy atom. The molecule has 0 bridgehead atoms. The number of phenols is 1. The van der Waals surface area contributed by atoms with Crippen molar-refractivity contribution in [2.24, 2.45) is 0 Å². The van der Waals surface area contributed by atoms with Crippen LogP contribution in [0.25, 0.3) is 0 Å². The van der Waals surface area contributed by atoms with Gasteiger partial charge in [-0.3, -0.25) is 4.79 Å². The van der Waals surface area contributed by atoms with Crippen molar-refractivity contribution >= 4 is 51.3 Å². The Morgan fingerprint density at radius 3 is 1.40 bits per heavy atom. The Kier molecular flexibility index (Phi) is 9.30. The van der Waals surface area contributed by atoms with E-state index in [4.69, 9.17) is 0 Å². The number of phenolic OH excluding ortho intramolecular Hbond substituents is 1. The molecule has 0 aromatic heterocycles. The van der Waals surface area contributed by atoms with Crippen LogP contribution in [0.1, 0.15) is 38.2 Å². The first-order valence-electron chi connectivity index (χ1n) is 15.9. The monoisotopic (exact) mass is 633 g/mol. The third-order valence-electron chi connectivity index (χ3n) is 8.22. The molecular weight excluding hydrogens is 594 g/mol. The summed E-state index contributed by atoms with van der Waals surface area (Å²) in [6, 6.07) is 40.9. The fourth-order valence-electron chi connectivity index (χ4n) is 5.48. The van der Waals surface area contributed by atoms with Crippen molar-refractivity contribution in [3.05, 3.63) is 161 Å². The lowest BCUT2D eigenvalue weighted by Gasteiger charge is -2.16. The summed E-state index contributed by atoms with van der Waals surface area (Å²) < 4.78 is 0. The van der Waals surface area contributed by atoms with Gasteiger partial charge in [-0.25, -0.2) is 0 Å². The van der Waals surface area contributed by atoms with E-state index in [1.807, 2.05) is 85.8 Å². The van der Waals surface area contributed by atoms with Crippen LogP contribution in [0.2, 0.25) is 0 Å². The summed E-state index contributed by atoms with van der Waals surface area (Å²) in [5.41, 5.74) is 19.6. The van der Waals surface area contributed by atoms with Crippen molar-refractivity contribution < 1.29 is 9.90 Å². The highest BCUT2D eigenvalue weighted by Gasteiger charge is 2.10. The summed E-state index contributed by atoms with van der Waals surface area (Å²) in [7, 11) is 0. The predicted octanol–water partition coefficient (Wildman–Crippen LogP) is 10.5. The van der Waals surface area contributed by atoms with E-state index in [0.717, 1.165) is 67.8 Å². The third-order valence-corrected chi connectivity index (χ3v) is 8.22. The zero-order valence-electron chi connectivity index (χ0n) is 27.5. The molecule has 48 heavy (non-hydrogen) atoms. The van der Waals surface area contributed by atoms with Gasteiger partial charge >= 0.3 is 0 Å². The minimum absolute atomic E-state index is 0.0101. The molecule has 7 nitrogen and oxygen atoms in total. The molecule has 0 atom stereocenters. The average Bonchev–Trinajstić information content (AvgIpc) is 3.09. The SMILES string of the molecule is Cc1cc(Nc2ccc(Nc3ccc(Nc4ccc(NNc5cccc(C(=O)c6ccccc6)c5)cc4C)cc3C)cc2C)ccc1O. The van der Waals surface area contributed by atoms with Gasteiger partial charge in [0.2, 0.25) is 0 Å². The summed E-state index contributed by atoms with van der Waals surface area (Å²) in [5, 5.41) is 20.4. The summed E-state index contributed by atoms with van der Waals surface area (Å²) in [5.74, 6) is 0.282. The van der Waals surface area contributed by atoms with E-state index in [1.165, 1.54) is 0 Å². The van der Waals surface area contributed by atoms with Crippen LogP contribution in [0.4, 0.5) is 45.5 Å². The maximum Gasteiger partial charge on any atom is 0.193 e. The molecule has 6 aromatic carbocycles. The molecule has 0 saturated carbocycles. The van der Waals surface area contributed by atoms with E-state index in [2.05, 4.69) is 90.0 Å².